The van der Waals surface area contributed by atoms with Gasteiger partial charge in [0.15, 0.2) is 0 Å². The van der Waals surface area contributed by atoms with Gasteiger partial charge in [-0.2, -0.15) is 0 Å². The molecular formula is C16H19BrN2O. The van der Waals surface area contributed by atoms with E-state index in [2.05, 4.69) is 25.8 Å². The Morgan fingerprint density at radius 3 is 2.60 bits per heavy atom. The maximum atomic E-state index is 10.2. The summed E-state index contributed by atoms with van der Waals surface area (Å²) in [4.78, 5) is 6.48. The third-order valence-electron chi connectivity index (χ3n) is 3.20. The molecule has 3 nitrogen and oxygen atoms in total. The largest absolute Gasteiger partial charge is 0.388 e. The van der Waals surface area contributed by atoms with Crippen LogP contribution in [0, 0.1) is 0 Å². The fraction of sp³-hybridized carbons (Fsp3) is 0.312. The van der Waals surface area contributed by atoms with Crippen molar-refractivity contribution in [2.24, 2.45) is 0 Å². The van der Waals surface area contributed by atoms with Crippen LogP contribution in [0.2, 0.25) is 0 Å². The van der Waals surface area contributed by atoms with Crippen LogP contribution in [-0.2, 0) is 6.54 Å². The van der Waals surface area contributed by atoms with E-state index in [0.717, 1.165) is 28.8 Å². The van der Waals surface area contributed by atoms with Gasteiger partial charge >= 0.3 is 0 Å². The average molecular weight is 335 g/mol. The van der Waals surface area contributed by atoms with E-state index in [9.17, 15) is 5.11 Å². The minimum absolute atomic E-state index is 0.422. The van der Waals surface area contributed by atoms with Crippen molar-refractivity contribution >= 4 is 15.9 Å². The fourth-order valence-electron chi connectivity index (χ4n) is 2.04. The molecule has 0 amide bonds. The number of pyridine rings is 1. The molecule has 1 N–H and O–H groups in total. The lowest BCUT2D eigenvalue weighted by atomic mass is 10.1. The van der Waals surface area contributed by atoms with Gasteiger partial charge in [-0.05, 0) is 43.3 Å². The van der Waals surface area contributed by atoms with E-state index in [1.54, 1.807) is 6.20 Å². The minimum atomic E-state index is -0.422. The SMILES string of the molecule is CN(CCC(O)c1ccc(Br)cc1)Cc1ccccn1. The van der Waals surface area contributed by atoms with Gasteiger partial charge in [-0.1, -0.05) is 34.1 Å². The van der Waals surface area contributed by atoms with E-state index in [0.29, 0.717) is 6.42 Å². The van der Waals surface area contributed by atoms with Crippen LogP contribution in [0.25, 0.3) is 0 Å². The van der Waals surface area contributed by atoms with Crippen molar-refractivity contribution in [2.75, 3.05) is 13.6 Å². The highest BCUT2D eigenvalue weighted by atomic mass is 79.9. The summed E-state index contributed by atoms with van der Waals surface area (Å²) in [6.07, 6.45) is 2.10. The van der Waals surface area contributed by atoms with Crippen molar-refractivity contribution in [2.45, 2.75) is 19.1 Å². The van der Waals surface area contributed by atoms with E-state index < -0.39 is 6.10 Å². The van der Waals surface area contributed by atoms with Crippen LogP contribution in [0.5, 0.6) is 0 Å². The van der Waals surface area contributed by atoms with Crippen LogP contribution in [0.15, 0.2) is 53.1 Å². The van der Waals surface area contributed by atoms with Gasteiger partial charge in [0.25, 0.3) is 0 Å². The lowest BCUT2D eigenvalue weighted by Gasteiger charge is -2.18. The molecule has 1 heterocycles. The summed E-state index contributed by atoms with van der Waals surface area (Å²) in [7, 11) is 2.04. The maximum absolute atomic E-state index is 10.2. The van der Waals surface area contributed by atoms with Crippen molar-refractivity contribution in [1.29, 1.82) is 0 Å². The first-order valence-electron chi connectivity index (χ1n) is 6.67. The Morgan fingerprint density at radius 1 is 1.20 bits per heavy atom. The van der Waals surface area contributed by atoms with Gasteiger partial charge in [0.1, 0.15) is 0 Å². The zero-order chi connectivity index (χ0) is 14.4. The molecule has 0 aliphatic heterocycles. The normalized spacial score (nSPS) is 12.6. The van der Waals surface area contributed by atoms with Gasteiger partial charge in [-0.15, -0.1) is 0 Å². The highest BCUT2D eigenvalue weighted by Crippen LogP contribution is 2.19. The number of hydrogen-bond donors (Lipinski definition) is 1. The zero-order valence-corrected chi connectivity index (χ0v) is 13.1. The summed E-state index contributed by atoms with van der Waals surface area (Å²) in [5.41, 5.74) is 2.01. The predicted molar refractivity (Wildman–Crippen MR) is 84.3 cm³/mol. The van der Waals surface area contributed by atoms with Crippen LogP contribution in [0.4, 0.5) is 0 Å². The van der Waals surface area contributed by atoms with Crippen LogP contribution < -0.4 is 0 Å². The first-order chi connectivity index (χ1) is 9.65. The lowest BCUT2D eigenvalue weighted by Crippen LogP contribution is -2.21. The minimum Gasteiger partial charge on any atom is -0.388 e. The zero-order valence-electron chi connectivity index (χ0n) is 11.5. The third-order valence-corrected chi connectivity index (χ3v) is 3.73. The third kappa shape index (κ3) is 4.71. The molecule has 2 aromatic rings. The Balaban J connectivity index is 1.81. The van der Waals surface area contributed by atoms with Gasteiger partial charge in [-0.25, -0.2) is 0 Å². The summed E-state index contributed by atoms with van der Waals surface area (Å²) in [5, 5.41) is 10.2. The van der Waals surface area contributed by atoms with E-state index in [1.165, 1.54) is 0 Å². The van der Waals surface area contributed by atoms with Gasteiger partial charge in [0.2, 0.25) is 0 Å². The van der Waals surface area contributed by atoms with Crippen molar-refractivity contribution in [1.82, 2.24) is 9.88 Å². The summed E-state index contributed by atoms with van der Waals surface area (Å²) < 4.78 is 1.03. The van der Waals surface area contributed by atoms with Crippen LogP contribution >= 0.6 is 15.9 Å². The second kappa shape index (κ2) is 7.53. The predicted octanol–water partition coefficient (Wildman–Crippen LogP) is 3.40. The number of halogens is 1. The molecule has 0 spiro atoms. The standard InChI is InChI=1S/C16H19BrN2O/c1-19(12-15-4-2-3-10-18-15)11-9-16(20)13-5-7-14(17)8-6-13/h2-8,10,16,20H,9,11-12H2,1H3. The molecule has 1 atom stereocenters. The topological polar surface area (TPSA) is 36.4 Å². The van der Waals surface area contributed by atoms with Crippen molar-refractivity contribution in [3.05, 3.63) is 64.4 Å². The van der Waals surface area contributed by atoms with Gasteiger partial charge in [-0.3, -0.25) is 4.98 Å². The number of aliphatic hydroxyl groups excluding tert-OH is 1. The van der Waals surface area contributed by atoms with E-state index >= 15 is 0 Å². The van der Waals surface area contributed by atoms with Crippen LogP contribution in [-0.4, -0.2) is 28.6 Å². The molecule has 1 unspecified atom stereocenters. The lowest BCUT2D eigenvalue weighted by molar-refractivity contribution is 0.147. The molecule has 0 saturated heterocycles. The van der Waals surface area contributed by atoms with Gasteiger partial charge < -0.3 is 10.0 Å². The quantitative estimate of drug-likeness (QED) is 0.879. The number of benzene rings is 1. The molecule has 106 valence electrons. The monoisotopic (exact) mass is 334 g/mol. The number of aromatic nitrogens is 1. The molecule has 0 fully saturated rings. The molecule has 0 saturated carbocycles. The number of hydrogen-bond acceptors (Lipinski definition) is 3. The molecule has 4 heteroatoms. The average Bonchev–Trinajstić information content (AvgIpc) is 2.46. The van der Waals surface area contributed by atoms with Crippen molar-refractivity contribution in [3.8, 4) is 0 Å². The summed E-state index contributed by atoms with van der Waals surface area (Å²) in [5.74, 6) is 0. The number of nitrogens with zero attached hydrogens (tertiary/aromatic N) is 2. The van der Waals surface area contributed by atoms with Crippen LogP contribution in [0.3, 0.4) is 0 Å². The second-order valence-electron chi connectivity index (χ2n) is 4.91. The van der Waals surface area contributed by atoms with E-state index in [4.69, 9.17) is 0 Å². The Kier molecular flexibility index (Phi) is 5.71. The maximum Gasteiger partial charge on any atom is 0.0802 e. The number of aliphatic hydroxyl groups is 1. The summed E-state index contributed by atoms with van der Waals surface area (Å²) in [6, 6.07) is 13.7. The van der Waals surface area contributed by atoms with E-state index in [1.807, 2.05) is 49.5 Å². The highest BCUT2D eigenvalue weighted by molar-refractivity contribution is 9.10. The van der Waals surface area contributed by atoms with E-state index in [-0.39, 0.29) is 0 Å². The van der Waals surface area contributed by atoms with Crippen LogP contribution in [0.1, 0.15) is 23.8 Å². The molecule has 1 aromatic heterocycles. The highest BCUT2D eigenvalue weighted by Gasteiger charge is 2.09. The summed E-state index contributed by atoms with van der Waals surface area (Å²) >= 11 is 3.40. The van der Waals surface area contributed by atoms with Crippen molar-refractivity contribution < 1.29 is 5.11 Å². The summed E-state index contributed by atoms with van der Waals surface area (Å²) in [6.45, 7) is 1.63. The molecule has 0 bridgehead atoms. The van der Waals surface area contributed by atoms with Crippen molar-refractivity contribution in [3.63, 3.8) is 0 Å². The Bertz CT molecular complexity index is 516. The molecule has 0 aliphatic carbocycles. The molecule has 20 heavy (non-hydrogen) atoms. The first kappa shape index (κ1) is 15.2. The van der Waals surface area contributed by atoms with Gasteiger partial charge in [0, 0.05) is 23.8 Å². The Labute approximate surface area is 128 Å². The fourth-order valence-corrected chi connectivity index (χ4v) is 2.31. The first-order valence-corrected chi connectivity index (χ1v) is 7.46. The Morgan fingerprint density at radius 2 is 1.95 bits per heavy atom. The Hall–Kier alpha value is -1.23. The number of rotatable bonds is 6. The second-order valence-corrected chi connectivity index (χ2v) is 5.83. The molecule has 0 radical (unpaired) electrons. The van der Waals surface area contributed by atoms with Gasteiger partial charge in [0.05, 0.1) is 11.8 Å². The smallest absolute Gasteiger partial charge is 0.0802 e. The molecule has 2 rings (SSSR count). The molecular weight excluding hydrogens is 316 g/mol. The molecule has 0 aliphatic rings. The molecule has 1 aromatic carbocycles.